The first-order chi connectivity index (χ1) is 17.8. The summed E-state index contributed by atoms with van der Waals surface area (Å²) in [7, 11) is 0. The summed E-state index contributed by atoms with van der Waals surface area (Å²) < 4.78 is 11.4. The van der Waals surface area contributed by atoms with Gasteiger partial charge in [-0.3, -0.25) is 0 Å². The molecule has 8 nitrogen and oxygen atoms in total. The van der Waals surface area contributed by atoms with Crippen molar-refractivity contribution in [3.63, 3.8) is 0 Å². The van der Waals surface area contributed by atoms with E-state index in [-0.39, 0.29) is 0 Å². The first kappa shape index (κ1) is 24.0. The van der Waals surface area contributed by atoms with Gasteiger partial charge in [-0.05, 0) is 86.8 Å². The third-order valence-electron chi connectivity index (χ3n) is 6.79. The molecule has 2 aliphatic rings. The first-order valence-electron chi connectivity index (χ1n) is 12.7. The molecule has 3 aromatic rings. The molecular weight excluding hydrogens is 452 g/mol. The van der Waals surface area contributed by atoms with Crippen molar-refractivity contribution in [1.29, 1.82) is 5.26 Å². The topological polar surface area (TPSA) is 95.3 Å². The zero-order chi connectivity index (χ0) is 24.6. The van der Waals surface area contributed by atoms with E-state index in [9.17, 15) is 5.26 Å². The molecule has 2 N–H and O–H groups in total. The number of piperidine rings is 1. The lowest BCUT2D eigenvalue weighted by atomic mass is 9.95. The summed E-state index contributed by atoms with van der Waals surface area (Å²) in [4.78, 5) is 11.4. The number of ether oxygens (including phenoxy) is 2. The van der Waals surface area contributed by atoms with Crippen LogP contribution in [0.15, 0.2) is 54.7 Å². The first-order valence-corrected chi connectivity index (χ1v) is 12.7. The van der Waals surface area contributed by atoms with E-state index in [1.807, 2.05) is 36.4 Å². The predicted octanol–water partition coefficient (Wildman–Crippen LogP) is 4.36. The lowest BCUT2D eigenvalue weighted by molar-refractivity contribution is 0.122. The maximum Gasteiger partial charge on any atom is 0.227 e. The van der Waals surface area contributed by atoms with Crippen molar-refractivity contribution in [1.82, 2.24) is 15.3 Å². The molecule has 0 radical (unpaired) electrons. The average Bonchev–Trinajstić information content (AvgIpc) is 2.95. The molecule has 5 rings (SSSR count). The summed E-state index contributed by atoms with van der Waals surface area (Å²) in [5.74, 6) is 1.83. The van der Waals surface area contributed by atoms with Gasteiger partial charge in [-0.25, -0.2) is 9.97 Å². The van der Waals surface area contributed by atoms with Crippen LogP contribution in [0.2, 0.25) is 0 Å². The second-order valence-corrected chi connectivity index (χ2v) is 9.19. The van der Waals surface area contributed by atoms with Gasteiger partial charge in [0.05, 0.1) is 31.1 Å². The fraction of sp³-hybridized carbons (Fsp3) is 0.393. The van der Waals surface area contributed by atoms with Crippen molar-refractivity contribution < 1.29 is 9.47 Å². The van der Waals surface area contributed by atoms with E-state index in [0.29, 0.717) is 29.8 Å². The Bertz CT molecular complexity index is 1180. The quantitative estimate of drug-likeness (QED) is 0.487. The van der Waals surface area contributed by atoms with Gasteiger partial charge in [0, 0.05) is 36.2 Å². The molecule has 2 fully saturated rings. The molecule has 0 saturated carbocycles. The number of aromatic nitrogens is 2. The van der Waals surface area contributed by atoms with Crippen molar-refractivity contribution in [2.75, 3.05) is 56.2 Å². The molecule has 2 aliphatic heterocycles. The molecule has 2 saturated heterocycles. The third-order valence-corrected chi connectivity index (χ3v) is 6.79. The summed E-state index contributed by atoms with van der Waals surface area (Å²) in [5.41, 5.74) is 4.21. The van der Waals surface area contributed by atoms with Crippen molar-refractivity contribution in [2.45, 2.75) is 19.3 Å². The van der Waals surface area contributed by atoms with Crippen LogP contribution in [-0.2, 0) is 4.74 Å². The molecular formula is C28H32N6O2. The minimum Gasteiger partial charge on any atom is -0.492 e. The summed E-state index contributed by atoms with van der Waals surface area (Å²) in [6.45, 7) is 6.13. The molecule has 0 unspecified atom stereocenters. The molecule has 36 heavy (non-hydrogen) atoms. The van der Waals surface area contributed by atoms with E-state index in [4.69, 9.17) is 9.47 Å². The largest absolute Gasteiger partial charge is 0.492 e. The number of hydrogen-bond donors (Lipinski definition) is 2. The smallest absolute Gasteiger partial charge is 0.227 e. The number of nitriles is 1. The zero-order valence-corrected chi connectivity index (χ0v) is 20.4. The number of rotatable bonds is 8. The highest BCUT2D eigenvalue weighted by atomic mass is 16.5. The number of hydrogen-bond acceptors (Lipinski definition) is 8. The average molecular weight is 485 g/mol. The van der Waals surface area contributed by atoms with Crippen LogP contribution in [-0.4, -0.2) is 56.0 Å². The minimum absolute atomic E-state index is 0.507. The molecule has 0 atom stereocenters. The second kappa shape index (κ2) is 11.8. The van der Waals surface area contributed by atoms with Crippen LogP contribution in [0.4, 0.5) is 17.3 Å². The van der Waals surface area contributed by atoms with Gasteiger partial charge < -0.3 is 25.0 Å². The number of nitrogens with one attached hydrogen (secondary N) is 2. The van der Waals surface area contributed by atoms with Crippen LogP contribution in [0, 0.1) is 17.2 Å². The van der Waals surface area contributed by atoms with E-state index < -0.39 is 0 Å². The summed E-state index contributed by atoms with van der Waals surface area (Å²) in [6, 6.07) is 18.0. The van der Waals surface area contributed by atoms with Gasteiger partial charge in [-0.2, -0.15) is 5.26 Å². The fourth-order valence-electron chi connectivity index (χ4n) is 4.69. The van der Waals surface area contributed by atoms with Crippen LogP contribution in [0.25, 0.3) is 11.3 Å². The lowest BCUT2D eigenvalue weighted by Crippen LogP contribution is -2.36. The maximum absolute atomic E-state index is 9.71. The van der Waals surface area contributed by atoms with E-state index in [1.54, 1.807) is 6.20 Å². The molecule has 2 aromatic carbocycles. The van der Waals surface area contributed by atoms with E-state index >= 15 is 0 Å². The molecule has 0 amide bonds. The van der Waals surface area contributed by atoms with Crippen LogP contribution < -0.4 is 20.3 Å². The number of anilines is 3. The van der Waals surface area contributed by atoms with Crippen LogP contribution in [0.3, 0.4) is 0 Å². The molecule has 1 aromatic heterocycles. The Morgan fingerprint density at radius 1 is 1.08 bits per heavy atom. The fourth-order valence-corrected chi connectivity index (χ4v) is 4.69. The highest BCUT2D eigenvalue weighted by molar-refractivity contribution is 5.66. The third kappa shape index (κ3) is 6.11. The Morgan fingerprint density at radius 3 is 2.67 bits per heavy atom. The number of benzene rings is 2. The van der Waals surface area contributed by atoms with E-state index in [0.717, 1.165) is 62.8 Å². The van der Waals surface area contributed by atoms with Crippen LogP contribution in [0.5, 0.6) is 5.75 Å². The highest BCUT2D eigenvalue weighted by Gasteiger charge is 2.14. The van der Waals surface area contributed by atoms with E-state index in [2.05, 4.69) is 43.7 Å². The van der Waals surface area contributed by atoms with Gasteiger partial charge in [0.1, 0.15) is 11.8 Å². The van der Waals surface area contributed by atoms with Gasteiger partial charge in [-0.15, -0.1) is 0 Å². The van der Waals surface area contributed by atoms with Crippen LogP contribution >= 0.6 is 0 Å². The summed E-state index contributed by atoms with van der Waals surface area (Å²) in [6.07, 6.45) is 5.12. The van der Waals surface area contributed by atoms with Gasteiger partial charge in [0.2, 0.25) is 5.95 Å². The van der Waals surface area contributed by atoms with Crippen molar-refractivity contribution >= 4 is 17.3 Å². The summed E-state index contributed by atoms with van der Waals surface area (Å²) in [5, 5.41) is 16.4. The Kier molecular flexibility index (Phi) is 7.91. The van der Waals surface area contributed by atoms with Gasteiger partial charge in [-0.1, -0.05) is 0 Å². The normalized spacial score (nSPS) is 16.4. The monoisotopic (exact) mass is 484 g/mol. The van der Waals surface area contributed by atoms with Gasteiger partial charge in [0.25, 0.3) is 0 Å². The van der Waals surface area contributed by atoms with Gasteiger partial charge >= 0.3 is 0 Å². The zero-order valence-electron chi connectivity index (χ0n) is 20.4. The maximum atomic E-state index is 9.71. The Hall–Kier alpha value is -3.67. The van der Waals surface area contributed by atoms with Gasteiger partial charge in [0.15, 0.2) is 0 Å². The summed E-state index contributed by atoms with van der Waals surface area (Å²) >= 11 is 0. The van der Waals surface area contributed by atoms with Crippen molar-refractivity contribution in [2.24, 2.45) is 5.92 Å². The molecule has 186 valence electrons. The van der Waals surface area contributed by atoms with Crippen LogP contribution in [0.1, 0.15) is 24.8 Å². The Morgan fingerprint density at radius 2 is 1.89 bits per heavy atom. The van der Waals surface area contributed by atoms with Crippen molar-refractivity contribution in [3.05, 3.63) is 60.3 Å². The molecule has 8 heteroatoms. The lowest BCUT2D eigenvalue weighted by Gasteiger charge is -2.28. The molecule has 3 heterocycles. The Labute approximate surface area is 212 Å². The SMILES string of the molecule is N#Cc1cc(-c2ccnc(Nc3ccc(N4CCOCC4)cc3)n2)ccc1OCCC1CCNCC1. The molecule has 0 aliphatic carbocycles. The second-order valence-electron chi connectivity index (χ2n) is 9.19. The number of morpholine rings is 1. The highest BCUT2D eigenvalue weighted by Crippen LogP contribution is 2.27. The standard InChI is InChI=1S/C28H32N6O2/c29-20-23-19-22(1-6-27(23)36-16-10-21-7-11-30-12-8-21)26-9-13-31-28(33-26)32-24-2-4-25(5-3-24)34-14-17-35-18-15-34/h1-6,9,13,19,21,30H,7-8,10-12,14-18H2,(H,31,32,33). The molecule has 0 bridgehead atoms. The molecule has 0 spiro atoms. The van der Waals surface area contributed by atoms with E-state index in [1.165, 1.54) is 18.5 Å². The minimum atomic E-state index is 0.507. The number of nitrogens with zero attached hydrogens (tertiary/aromatic N) is 4. The predicted molar refractivity (Wildman–Crippen MR) is 141 cm³/mol. The Balaban J connectivity index is 1.23. The van der Waals surface area contributed by atoms with Crippen molar-refractivity contribution in [3.8, 4) is 23.1 Å².